The number of rotatable bonds is 6. The van der Waals surface area contributed by atoms with E-state index in [9.17, 15) is 0 Å². The molecule has 1 aromatic heterocycles. The number of nitrogens with one attached hydrogen (secondary N) is 2. The van der Waals surface area contributed by atoms with Crippen LogP contribution in [0.15, 0.2) is 29.3 Å². The number of aliphatic imine (C=N–C) groups is 1. The fourth-order valence-electron chi connectivity index (χ4n) is 2.20. The number of hydrogen-bond donors (Lipinski definition) is 2. The van der Waals surface area contributed by atoms with Crippen LogP contribution < -0.4 is 10.6 Å². The molecule has 0 aliphatic heterocycles. The number of aryl methyl sites for hydroxylation is 2. The van der Waals surface area contributed by atoms with E-state index in [1.807, 2.05) is 31.2 Å². The second-order valence-corrected chi connectivity index (χ2v) is 6.96. The average Bonchev–Trinajstić information content (AvgIpc) is 2.84. The zero-order valence-corrected chi connectivity index (χ0v) is 18.1. The molecule has 2 rings (SSSR count). The monoisotopic (exact) mass is 478 g/mol. The first-order valence-corrected chi connectivity index (χ1v) is 8.97. The molecule has 132 valence electrons. The molecule has 1 heterocycles. The van der Waals surface area contributed by atoms with Gasteiger partial charge in [0.15, 0.2) is 5.96 Å². The number of hydrogen-bond acceptors (Lipinski definition) is 3. The second-order valence-electron chi connectivity index (χ2n) is 5.24. The van der Waals surface area contributed by atoms with Gasteiger partial charge >= 0.3 is 0 Å². The van der Waals surface area contributed by atoms with Crippen molar-refractivity contribution in [3.63, 3.8) is 0 Å². The Kier molecular flexibility index (Phi) is 9.61. The molecule has 0 spiro atoms. The highest BCUT2D eigenvalue weighted by Gasteiger charge is 2.05. The first-order valence-electron chi connectivity index (χ1n) is 7.78. The molecule has 2 N–H and O–H groups in total. The third-order valence-electron chi connectivity index (χ3n) is 3.32. The first-order chi connectivity index (χ1) is 11.1. The molecule has 0 aliphatic rings. The van der Waals surface area contributed by atoms with E-state index in [0.29, 0.717) is 6.54 Å². The van der Waals surface area contributed by atoms with Crippen LogP contribution in [-0.2, 0) is 13.0 Å². The quantitative estimate of drug-likeness (QED) is 0.369. The van der Waals surface area contributed by atoms with Crippen molar-refractivity contribution in [2.45, 2.75) is 33.7 Å². The normalized spacial score (nSPS) is 11.1. The zero-order chi connectivity index (χ0) is 16.7. The van der Waals surface area contributed by atoms with Gasteiger partial charge in [0.25, 0.3) is 0 Å². The van der Waals surface area contributed by atoms with Crippen LogP contribution in [0, 0.1) is 13.8 Å². The predicted molar refractivity (Wildman–Crippen MR) is 115 cm³/mol. The third-order valence-corrected chi connectivity index (χ3v) is 4.71. The molecule has 0 atom stereocenters. The standard InChI is InChI=1S/C17H23ClN4S.HI/c1-4-19-17(21-11-14-5-7-15(18)8-6-14)20-10-9-16-12(2)22-13(3)23-16;/h5-8H,4,9-11H2,1-3H3,(H2,19,20,21);1H. The van der Waals surface area contributed by atoms with Crippen molar-refractivity contribution in [3.05, 3.63) is 50.4 Å². The summed E-state index contributed by atoms with van der Waals surface area (Å²) in [5.74, 6) is 0.835. The highest BCUT2D eigenvalue weighted by Crippen LogP contribution is 2.17. The van der Waals surface area contributed by atoms with Gasteiger partial charge in [-0.3, -0.25) is 0 Å². The second kappa shape index (κ2) is 10.9. The van der Waals surface area contributed by atoms with Crippen LogP contribution in [0.2, 0.25) is 5.02 Å². The topological polar surface area (TPSA) is 49.3 Å². The Hall–Kier alpha value is -0.860. The summed E-state index contributed by atoms with van der Waals surface area (Å²) in [6.45, 7) is 8.49. The third kappa shape index (κ3) is 6.94. The summed E-state index contributed by atoms with van der Waals surface area (Å²) in [5, 5.41) is 8.52. The van der Waals surface area contributed by atoms with Gasteiger partial charge in [0.2, 0.25) is 0 Å². The molecule has 0 saturated carbocycles. The van der Waals surface area contributed by atoms with Crippen LogP contribution in [0.5, 0.6) is 0 Å². The van der Waals surface area contributed by atoms with Crippen LogP contribution in [0.3, 0.4) is 0 Å². The number of aromatic nitrogens is 1. The van der Waals surface area contributed by atoms with Crippen LogP contribution in [0.25, 0.3) is 0 Å². The van der Waals surface area contributed by atoms with E-state index in [1.54, 1.807) is 11.3 Å². The number of nitrogens with zero attached hydrogens (tertiary/aromatic N) is 2. The molecular weight excluding hydrogens is 455 g/mol. The highest BCUT2D eigenvalue weighted by molar-refractivity contribution is 14.0. The minimum Gasteiger partial charge on any atom is -0.357 e. The fraction of sp³-hybridized carbons (Fsp3) is 0.412. The van der Waals surface area contributed by atoms with E-state index in [2.05, 4.69) is 34.5 Å². The molecular formula is C17H24ClIN4S. The van der Waals surface area contributed by atoms with E-state index in [0.717, 1.165) is 46.8 Å². The maximum absolute atomic E-state index is 5.90. The van der Waals surface area contributed by atoms with Gasteiger partial charge in [0.1, 0.15) is 0 Å². The van der Waals surface area contributed by atoms with Gasteiger partial charge in [-0.15, -0.1) is 35.3 Å². The lowest BCUT2D eigenvalue weighted by Gasteiger charge is -2.11. The Labute approximate surface area is 170 Å². The molecule has 4 nitrogen and oxygen atoms in total. The van der Waals surface area contributed by atoms with Crippen molar-refractivity contribution in [3.8, 4) is 0 Å². The zero-order valence-electron chi connectivity index (χ0n) is 14.2. The highest BCUT2D eigenvalue weighted by atomic mass is 127. The van der Waals surface area contributed by atoms with Crippen molar-refractivity contribution >= 4 is 52.9 Å². The molecule has 0 saturated heterocycles. The first kappa shape index (κ1) is 21.2. The molecule has 2 aromatic rings. The maximum atomic E-state index is 5.90. The summed E-state index contributed by atoms with van der Waals surface area (Å²) in [5.41, 5.74) is 2.28. The van der Waals surface area contributed by atoms with Crippen molar-refractivity contribution in [2.75, 3.05) is 13.1 Å². The summed E-state index contributed by atoms with van der Waals surface area (Å²) < 4.78 is 0. The van der Waals surface area contributed by atoms with Crippen molar-refractivity contribution in [2.24, 2.45) is 4.99 Å². The number of halogens is 2. The van der Waals surface area contributed by atoms with Crippen molar-refractivity contribution < 1.29 is 0 Å². The fourth-order valence-corrected chi connectivity index (χ4v) is 3.26. The van der Waals surface area contributed by atoms with Gasteiger partial charge in [-0.1, -0.05) is 23.7 Å². The van der Waals surface area contributed by atoms with Gasteiger partial charge in [0, 0.05) is 29.4 Å². The number of benzene rings is 1. The lowest BCUT2D eigenvalue weighted by atomic mass is 10.2. The molecule has 0 aliphatic carbocycles. The molecule has 1 aromatic carbocycles. The Morgan fingerprint density at radius 1 is 1.21 bits per heavy atom. The van der Waals surface area contributed by atoms with Gasteiger partial charge in [-0.05, 0) is 38.5 Å². The van der Waals surface area contributed by atoms with Crippen molar-refractivity contribution in [1.29, 1.82) is 0 Å². The molecule has 0 amide bonds. The summed E-state index contributed by atoms with van der Waals surface area (Å²) in [7, 11) is 0. The lowest BCUT2D eigenvalue weighted by molar-refractivity contribution is 0.801. The Balaban J connectivity index is 0.00000288. The van der Waals surface area contributed by atoms with Gasteiger partial charge in [-0.2, -0.15) is 0 Å². The van der Waals surface area contributed by atoms with Gasteiger partial charge < -0.3 is 10.6 Å². The summed E-state index contributed by atoms with van der Waals surface area (Å²) in [6.07, 6.45) is 0.961. The molecule has 24 heavy (non-hydrogen) atoms. The largest absolute Gasteiger partial charge is 0.357 e. The Bertz CT molecular complexity index is 655. The Morgan fingerprint density at radius 2 is 1.92 bits per heavy atom. The summed E-state index contributed by atoms with van der Waals surface area (Å²) in [4.78, 5) is 10.4. The van der Waals surface area contributed by atoms with E-state index < -0.39 is 0 Å². The van der Waals surface area contributed by atoms with E-state index in [4.69, 9.17) is 11.6 Å². The van der Waals surface area contributed by atoms with Crippen molar-refractivity contribution in [1.82, 2.24) is 15.6 Å². The number of guanidine groups is 1. The van der Waals surface area contributed by atoms with Crippen LogP contribution >= 0.6 is 46.9 Å². The predicted octanol–water partition coefficient (Wildman–Crippen LogP) is 4.33. The van der Waals surface area contributed by atoms with Crippen LogP contribution in [-0.4, -0.2) is 24.0 Å². The van der Waals surface area contributed by atoms with E-state index >= 15 is 0 Å². The van der Waals surface area contributed by atoms with Crippen LogP contribution in [0.4, 0.5) is 0 Å². The number of thiazole rings is 1. The molecule has 0 fully saturated rings. The molecule has 7 heteroatoms. The minimum atomic E-state index is 0. The van der Waals surface area contributed by atoms with Gasteiger partial charge in [0.05, 0.1) is 17.2 Å². The molecule has 0 unspecified atom stereocenters. The smallest absolute Gasteiger partial charge is 0.191 e. The summed E-state index contributed by atoms with van der Waals surface area (Å²) in [6, 6.07) is 7.78. The van der Waals surface area contributed by atoms with E-state index in [1.165, 1.54) is 4.88 Å². The summed E-state index contributed by atoms with van der Waals surface area (Å²) >= 11 is 7.67. The molecule has 0 bridgehead atoms. The van der Waals surface area contributed by atoms with E-state index in [-0.39, 0.29) is 24.0 Å². The van der Waals surface area contributed by atoms with Crippen LogP contribution in [0.1, 0.15) is 28.1 Å². The molecule has 0 radical (unpaired) electrons. The maximum Gasteiger partial charge on any atom is 0.191 e. The average molecular weight is 479 g/mol. The van der Waals surface area contributed by atoms with Gasteiger partial charge in [-0.25, -0.2) is 9.98 Å². The SMILES string of the molecule is CCNC(=NCc1ccc(Cl)cc1)NCCc1sc(C)nc1C.I. The minimum absolute atomic E-state index is 0. The lowest BCUT2D eigenvalue weighted by Crippen LogP contribution is -2.38. The Morgan fingerprint density at radius 3 is 2.50 bits per heavy atom.